The van der Waals surface area contributed by atoms with Gasteiger partial charge in [0.1, 0.15) is 5.69 Å². The molecule has 8 nitrogen and oxygen atoms in total. The molecule has 2 rings (SSSR count). The fourth-order valence-corrected chi connectivity index (χ4v) is 2.62. The number of benzene rings is 1. The van der Waals surface area contributed by atoms with E-state index >= 15 is 0 Å². The lowest BCUT2D eigenvalue weighted by molar-refractivity contribution is -0.384. The predicted octanol–water partition coefficient (Wildman–Crippen LogP) is 0.827. The van der Waals surface area contributed by atoms with Crippen LogP contribution in [-0.4, -0.2) is 52.9 Å². The second kappa shape index (κ2) is 5.86. The van der Waals surface area contributed by atoms with E-state index in [1.807, 2.05) is 4.90 Å². The maximum Gasteiger partial charge on any atom is 0.293 e. The molecule has 1 aliphatic rings. The average Bonchev–Trinajstić information content (AvgIpc) is 2.45. The van der Waals surface area contributed by atoms with Gasteiger partial charge in [-0.3, -0.25) is 14.4 Å². The van der Waals surface area contributed by atoms with Crippen molar-refractivity contribution in [2.45, 2.75) is 0 Å². The summed E-state index contributed by atoms with van der Waals surface area (Å²) in [6, 6.07) is 4.50. The van der Waals surface area contributed by atoms with Gasteiger partial charge in [-0.25, -0.2) is 8.42 Å². The number of anilines is 2. The van der Waals surface area contributed by atoms with Gasteiger partial charge in [-0.2, -0.15) is 0 Å². The summed E-state index contributed by atoms with van der Waals surface area (Å²) in [6.07, 6.45) is 1.01. The molecule has 1 saturated heterocycles. The van der Waals surface area contributed by atoms with E-state index in [-0.39, 0.29) is 11.4 Å². The Morgan fingerprint density at radius 1 is 1.33 bits per heavy atom. The lowest BCUT2D eigenvalue weighted by Crippen LogP contribution is -2.36. The molecular formula is C12H17N3O5S. The molecule has 21 heavy (non-hydrogen) atoms. The SMILES string of the molecule is CN(c1cc(N2CCOCC2)ccc1[N+](=O)[O-])S(C)(=O)=O. The van der Waals surface area contributed by atoms with Crippen LogP contribution in [0.2, 0.25) is 0 Å². The third-order valence-electron chi connectivity index (χ3n) is 3.37. The van der Waals surface area contributed by atoms with Gasteiger partial charge >= 0.3 is 0 Å². The van der Waals surface area contributed by atoms with Crippen molar-refractivity contribution in [2.24, 2.45) is 0 Å². The molecule has 0 spiro atoms. The topological polar surface area (TPSA) is 93.0 Å². The molecule has 1 heterocycles. The molecular weight excluding hydrogens is 298 g/mol. The zero-order chi connectivity index (χ0) is 15.6. The third-order valence-corrected chi connectivity index (χ3v) is 4.56. The van der Waals surface area contributed by atoms with Gasteiger partial charge in [0.05, 0.1) is 24.4 Å². The molecule has 0 unspecified atom stereocenters. The predicted molar refractivity (Wildman–Crippen MR) is 79.4 cm³/mol. The van der Waals surface area contributed by atoms with Crippen molar-refractivity contribution in [1.82, 2.24) is 0 Å². The standard InChI is InChI=1S/C12H17N3O5S/c1-13(21(2,18)19)12-9-10(3-4-11(12)15(16)17)14-5-7-20-8-6-14/h3-4,9H,5-8H2,1-2H3. The zero-order valence-electron chi connectivity index (χ0n) is 11.9. The van der Waals surface area contributed by atoms with Crippen LogP contribution in [0.3, 0.4) is 0 Å². The van der Waals surface area contributed by atoms with E-state index in [1.54, 1.807) is 6.07 Å². The number of hydrogen-bond donors (Lipinski definition) is 0. The summed E-state index contributed by atoms with van der Waals surface area (Å²) in [4.78, 5) is 12.5. The Kier molecular flexibility index (Phi) is 4.33. The van der Waals surface area contributed by atoms with Crippen LogP contribution in [0.15, 0.2) is 18.2 Å². The maximum atomic E-state index is 11.7. The molecule has 1 aromatic carbocycles. The second-order valence-corrected chi connectivity index (χ2v) is 6.77. The van der Waals surface area contributed by atoms with Gasteiger partial charge in [-0.05, 0) is 12.1 Å². The number of sulfonamides is 1. The van der Waals surface area contributed by atoms with Crippen LogP contribution in [0.4, 0.5) is 17.1 Å². The van der Waals surface area contributed by atoms with Gasteiger partial charge < -0.3 is 9.64 Å². The first-order valence-corrected chi connectivity index (χ1v) is 8.20. The zero-order valence-corrected chi connectivity index (χ0v) is 12.7. The van der Waals surface area contributed by atoms with Crippen LogP contribution < -0.4 is 9.21 Å². The van der Waals surface area contributed by atoms with E-state index in [4.69, 9.17) is 4.74 Å². The summed E-state index contributed by atoms with van der Waals surface area (Å²) in [5.74, 6) is 0. The van der Waals surface area contributed by atoms with Crippen LogP contribution in [0, 0.1) is 10.1 Å². The summed E-state index contributed by atoms with van der Waals surface area (Å²) >= 11 is 0. The highest BCUT2D eigenvalue weighted by Crippen LogP contribution is 2.33. The van der Waals surface area contributed by atoms with Gasteiger partial charge in [0, 0.05) is 31.9 Å². The molecule has 1 fully saturated rings. The van der Waals surface area contributed by atoms with Gasteiger partial charge in [0.2, 0.25) is 10.0 Å². The van der Waals surface area contributed by atoms with E-state index in [2.05, 4.69) is 0 Å². The molecule has 1 aromatic rings. The minimum Gasteiger partial charge on any atom is -0.378 e. The van der Waals surface area contributed by atoms with Crippen molar-refractivity contribution in [3.63, 3.8) is 0 Å². The fraction of sp³-hybridized carbons (Fsp3) is 0.500. The molecule has 0 radical (unpaired) electrons. The Bertz CT molecular complexity index is 640. The van der Waals surface area contributed by atoms with Crippen molar-refractivity contribution < 1.29 is 18.1 Å². The molecule has 116 valence electrons. The number of nitro benzene ring substituents is 1. The summed E-state index contributed by atoms with van der Waals surface area (Å²) in [5.41, 5.74) is 0.570. The van der Waals surface area contributed by atoms with E-state index in [1.165, 1.54) is 19.2 Å². The van der Waals surface area contributed by atoms with Crippen molar-refractivity contribution in [3.05, 3.63) is 28.3 Å². The van der Waals surface area contributed by atoms with E-state index in [0.29, 0.717) is 26.3 Å². The van der Waals surface area contributed by atoms with Crippen LogP contribution in [-0.2, 0) is 14.8 Å². The van der Waals surface area contributed by atoms with Crippen LogP contribution >= 0.6 is 0 Å². The van der Waals surface area contributed by atoms with Gasteiger partial charge in [-0.15, -0.1) is 0 Å². The number of hydrogen-bond acceptors (Lipinski definition) is 6. The first-order valence-electron chi connectivity index (χ1n) is 6.36. The number of morpholine rings is 1. The van der Waals surface area contributed by atoms with Gasteiger partial charge in [-0.1, -0.05) is 0 Å². The fourth-order valence-electron chi connectivity index (χ4n) is 2.12. The van der Waals surface area contributed by atoms with E-state index in [0.717, 1.165) is 16.2 Å². The number of rotatable bonds is 4. The molecule has 0 bridgehead atoms. The van der Waals surface area contributed by atoms with Crippen LogP contribution in [0.25, 0.3) is 0 Å². The summed E-state index contributed by atoms with van der Waals surface area (Å²) < 4.78 is 29.5. The van der Waals surface area contributed by atoms with Crippen molar-refractivity contribution >= 4 is 27.1 Å². The van der Waals surface area contributed by atoms with E-state index in [9.17, 15) is 18.5 Å². The first-order chi connectivity index (χ1) is 9.80. The van der Waals surface area contributed by atoms with Crippen molar-refractivity contribution in [2.75, 3.05) is 48.8 Å². The van der Waals surface area contributed by atoms with E-state index < -0.39 is 14.9 Å². The summed E-state index contributed by atoms with van der Waals surface area (Å²) in [5, 5.41) is 11.1. The maximum absolute atomic E-state index is 11.7. The second-order valence-electron chi connectivity index (χ2n) is 4.76. The highest BCUT2D eigenvalue weighted by molar-refractivity contribution is 7.92. The largest absolute Gasteiger partial charge is 0.378 e. The molecule has 1 aliphatic heterocycles. The Morgan fingerprint density at radius 2 is 1.95 bits per heavy atom. The van der Waals surface area contributed by atoms with Crippen molar-refractivity contribution in [1.29, 1.82) is 0 Å². The Labute approximate surface area is 123 Å². The van der Waals surface area contributed by atoms with Gasteiger partial charge in [0.15, 0.2) is 0 Å². The van der Waals surface area contributed by atoms with Crippen molar-refractivity contribution in [3.8, 4) is 0 Å². The number of nitrogens with zero attached hydrogens (tertiary/aromatic N) is 3. The summed E-state index contributed by atoms with van der Waals surface area (Å²) in [7, 11) is -2.27. The Hall–Kier alpha value is -1.87. The highest BCUT2D eigenvalue weighted by Gasteiger charge is 2.24. The molecule has 0 atom stereocenters. The molecule has 0 aromatic heterocycles. The highest BCUT2D eigenvalue weighted by atomic mass is 32.2. The van der Waals surface area contributed by atoms with Crippen LogP contribution in [0.5, 0.6) is 0 Å². The minimum absolute atomic E-state index is 0.0616. The molecule has 0 N–H and O–H groups in total. The average molecular weight is 315 g/mol. The Morgan fingerprint density at radius 3 is 2.48 bits per heavy atom. The smallest absolute Gasteiger partial charge is 0.293 e. The molecule has 0 aliphatic carbocycles. The lowest BCUT2D eigenvalue weighted by Gasteiger charge is -2.29. The lowest BCUT2D eigenvalue weighted by atomic mass is 10.2. The quantitative estimate of drug-likeness (QED) is 0.603. The normalized spacial score (nSPS) is 15.8. The molecule has 0 amide bonds. The summed E-state index contributed by atoms with van der Waals surface area (Å²) in [6.45, 7) is 2.49. The molecule has 0 saturated carbocycles. The van der Waals surface area contributed by atoms with Crippen LogP contribution in [0.1, 0.15) is 0 Å². The first kappa shape index (κ1) is 15.5. The molecule has 9 heteroatoms. The number of ether oxygens (including phenoxy) is 1. The number of nitro groups is 1. The Balaban J connectivity index is 2.46. The minimum atomic E-state index is -3.57. The third kappa shape index (κ3) is 3.42. The van der Waals surface area contributed by atoms with Gasteiger partial charge in [0.25, 0.3) is 5.69 Å². The monoisotopic (exact) mass is 315 g/mol.